The Bertz CT molecular complexity index is 964. The number of rotatable bonds is 6. The lowest BCUT2D eigenvalue weighted by Gasteiger charge is -2.37. The van der Waals surface area contributed by atoms with Crippen molar-refractivity contribution in [1.29, 1.82) is 0 Å². The van der Waals surface area contributed by atoms with Crippen molar-refractivity contribution in [1.82, 2.24) is 9.97 Å². The van der Waals surface area contributed by atoms with E-state index in [2.05, 4.69) is 58.9 Å². The minimum Gasteiger partial charge on any atom is -0.495 e. The van der Waals surface area contributed by atoms with Crippen LogP contribution in [0.4, 0.5) is 17.5 Å². The van der Waals surface area contributed by atoms with Gasteiger partial charge in [-0.1, -0.05) is 24.3 Å². The lowest BCUT2D eigenvalue weighted by Crippen LogP contribution is -2.47. The topological polar surface area (TPSA) is 44.7 Å². The van der Waals surface area contributed by atoms with Crippen molar-refractivity contribution in [3.8, 4) is 5.75 Å². The van der Waals surface area contributed by atoms with Crippen LogP contribution in [0.2, 0.25) is 0 Å². The minimum atomic E-state index is 0.824. The number of methoxy groups -OCH3 is 1. The molecule has 0 N–H and O–H groups in total. The first-order valence-electron chi connectivity index (χ1n) is 10.4. The maximum atomic E-state index is 5.54. The molecular weight excluding hydrogens is 362 g/mol. The van der Waals surface area contributed by atoms with Crippen LogP contribution in [-0.2, 0) is 0 Å². The normalized spacial score (nSPS) is 14.3. The molecule has 0 aliphatic carbocycles. The van der Waals surface area contributed by atoms with Gasteiger partial charge in [0, 0.05) is 44.7 Å². The van der Waals surface area contributed by atoms with E-state index in [1.54, 1.807) is 7.11 Å². The summed E-state index contributed by atoms with van der Waals surface area (Å²) >= 11 is 0. The molecule has 1 aliphatic heterocycles. The number of anilines is 3. The molecule has 0 amide bonds. The van der Waals surface area contributed by atoms with E-state index >= 15 is 0 Å². The molecule has 1 fully saturated rings. The molecule has 4 rings (SSSR count). The standard InChI is InChI=1S/C23H29N5O/c1-4-26(5-2)22-18-10-6-7-11-19(18)24-23(25-22)28-16-14-27(15-17-28)20-12-8-9-13-21(20)29-3/h6-13H,4-5,14-17H2,1-3H3. The zero-order valence-corrected chi connectivity index (χ0v) is 17.5. The van der Waals surface area contributed by atoms with Crippen molar-refractivity contribution in [2.45, 2.75) is 13.8 Å². The molecule has 152 valence electrons. The van der Waals surface area contributed by atoms with Gasteiger partial charge in [0.2, 0.25) is 5.95 Å². The summed E-state index contributed by atoms with van der Waals surface area (Å²) in [6.45, 7) is 9.80. The van der Waals surface area contributed by atoms with Gasteiger partial charge < -0.3 is 19.4 Å². The van der Waals surface area contributed by atoms with Crippen molar-refractivity contribution in [2.24, 2.45) is 0 Å². The summed E-state index contributed by atoms with van der Waals surface area (Å²) in [5.74, 6) is 2.78. The lowest BCUT2D eigenvalue weighted by molar-refractivity contribution is 0.413. The molecule has 1 saturated heterocycles. The highest BCUT2D eigenvalue weighted by molar-refractivity contribution is 5.90. The van der Waals surface area contributed by atoms with Gasteiger partial charge >= 0.3 is 0 Å². The Morgan fingerprint density at radius 3 is 2.24 bits per heavy atom. The van der Waals surface area contributed by atoms with E-state index in [9.17, 15) is 0 Å². The fourth-order valence-electron chi connectivity index (χ4n) is 3.99. The Hall–Kier alpha value is -3.02. The fourth-order valence-corrected chi connectivity index (χ4v) is 3.99. The van der Waals surface area contributed by atoms with Crippen LogP contribution in [0.25, 0.3) is 10.9 Å². The zero-order valence-electron chi connectivity index (χ0n) is 17.5. The van der Waals surface area contributed by atoms with Crippen LogP contribution in [0.15, 0.2) is 48.5 Å². The maximum Gasteiger partial charge on any atom is 0.228 e. The highest BCUT2D eigenvalue weighted by Crippen LogP contribution is 2.30. The lowest BCUT2D eigenvalue weighted by atomic mass is 10.2. The fraction of sp³-hybridized carbons (Fsp3) is 0.391. The SMILES string of the molecule is CCN(CC)c1nc(N2CCN(c3ccccc3OC)CC2)nc2ccccc12. The van der Waals surface area contributed by atoms with Crippen LogP contribution in [0, 0.1) is 0 Å². The van der Waals surface area contributed by atoms with Gasteiger partial charge in [-0.3, -0.25) is 0 Å². The average molecular weight is 392 g/mol. The van der Waals surface area contributed by atoms with E-state index in [1.165, 1.54) is 0 Å². The van der Waals surface area contributed by atoms with Crippen LogP contribution in [0.3, 0.4) is 0 Å². The van der Waals surface area contributed by atoms with Gasteiger partial charge in [0.25, 0.3) is 0 Å². The number of ether oxygens (including phenoxy) is 1. The first kappa shape index (κ1) is 19.3. The van der Waals surface area contributed by atoms with Gasteiger partial charge in [-0.05, 0) is 38.1 Å². The Balaban J connectivity index is 1.60. The highest BCUT2D eigenvalue weighted by atomic mass is 16.5. The largest absolute Gasteiger partial charge is 0.495 e. The van der Waals surface area contributed by atoms with Gasteiger partial charge in [-0.15, -0.1) is 0 Å². The number of piperazine rings is 1. The van der Waals surface area contributed by atoms with Crippen LogP contribution in [0.5, 0.6) is 5.75 Å². The van der Waals surface area contributed by atoms with Crippen LogP contribution < -0.4 is 19.4 Å². The Labute approximate surface area is 172 Å². The molecule has 0 spiro atoms. The van der Waals surface area contributed by atoms with Crippen molar-refractivity contribution in [2.75, 3.05) is 61.1 Å². The van der Waals surface area contributed by atoms with Crippen LogP contribution in [-0.4, -0.2) is 56.3 Å². The molecule has 0 radical (unpaired) electrons. The number of para-hydroxylation sites is 3. The van der Waals surface area contributed by atoms with Crippen molar-refractivity contribution in [3.05, 3.63) is 48.5 Å². The van der Waals surface area contributed by atoms with Gasteiger partial charge in [0.05, 0.1) is 18.3 Å². The second-order valence-corrected chi connectivity index (χ2v) is 7.18. The summed E-state index contributed by atoms with van der Waals surface area (Å²) < 4.78 is 5.54. The minimum absolute atomic E-state index is 0.824. The van der Waals surface area contributed by atoms with E-state index in [-0.39, 0.29) is 0 Å². The monoisotopic (exact) mass is 391 g/mol. The number of hydrogen-bond acceptors (Lipinski definition) is 6. The molecule has 6 nitrogen and oxygen atoms in total. The Morgan fingerprint density at radius 1 is 0.862 bits per heavy atom. The second kappa shape index (κ2) is 8.55. The summed E-state index contributed by atoms with van der Waals surface area (Å²) in [6, 6.07) is 16.5. The molecule has 0 atom stereocenters. The third-order valence-corrected chi connectivity index (χ3v) is 5.62. The Morgan fingerprint density at radius 2 is 1.52 bits per heavy atom. The summed E-state index contributed by atoms with van der Waals surface area (Å²) in [6.07, 6.45) is 0. The Kier molecular flexibility index (Phi) is 5.69. The number of aromatic nitrogens is 2. The number of nitrogens with zero attached hydrogens (tertiary/aromatic N) is 5. The molecule has 3 aromatic rings. The molecule has 0 bridgehead atoms. The van der Waals surface area contributed by atoms with Crippen molar-refractivity contribution in [3.63, 3.8) is 0 Å². The van der Waals surface area contributed by atoms with Gasteiger partial charge in [0.15, 0.2) is 0 Å². The van der Waals surface area contributed by atoms with E-state index in [0.717, 1.165) is 73.4 Å². The van der Waals surface area contributed by atoms with E-state index in [4.69, 9.17) is 14.7 Å². The van der Waals surface area contributed by atoms with E-state index in [1.807, 2.05) is 18.2 Å². The molecule has 1 aromatic heterocycles. The second-order valence-electron chi connectivity index (χ2n) is 7.18. The summed E-state index contributed by atoms with van der Waals surface area (Å²) in [7, 11) is 1.73. The molecule has 0 unspecified atom stereocenters. The molecule has 0 saturated carbocycles. The molecular formula is C23H29N5O. The quantitative estimate of drug-likeness (QED) is 0.637. The zero-order chi connectivity index (χ0) is 20.2. The third kappa shape index (κ3) is 3.79. The van der Waals surface area contributed by atoms with Crippen LogP contribution in [0.1, 0.15) is 13.8 Å². The highest BCUT2D eigenvalue weighted by Gasteiger charge is 2.23. The van der Waals surface area contributed by atoms with Gasteiger partial charge in [-0.2, -0.15) is 4.98 Å². The summed E-state index contributed by atoms with van der Waals surface area (Å²) in [5.41, 5.74) is 2.16. The number of hydrogen-bond donors (Lipinski definition) is 0. The smallest absolute Gasteiger partial charge is 0.228 e. The predicted molar refractivity (Wildman–Crippen MR) is 121 cm³/mol. The summed E-state index contributed by atoms with van der Waals surface area (Å²) in [4.78, 5) is 16.9. The third-order valence-electron chi connectivity index (χ3n) is 5.62. The van der Waals surface area contributed by atoms with Gasteiger partial charge in [0.1, 0.15) is 11.6 Å². The molecule has 6 heteroatoms. The molecule has 1 aliphatic rings. The molecule has 2 aromatic carbocycles. The molecule has 29 heavy (non-hydrogen) atoms. The van der Waals surface area contributed by atoms with Gasteiger partial charge in [-0.25, -0.2) is 4.98 Å². The van der Waals surface area contributed by atoms with E-state index < -0.39 is 0 Å². The summed E-state index contributed by atoms with van der Waals surface area (Å²) in [5, 5.41) is 1.12. The van der Waals surface area contributed by atoms with Crippen molar-refractivity contribution >= 4 is 28.4 Å². The maximum absolute atomic E-state index is 5.54. The predicted octanol–water partition coefficient (Wildman–Crippen LogP) is 3.81. The average Bonchev–Trinajstić information content (AvgIpc) is 2.79. The first-order valence-corrected chi connectivity index (χ1v) is 10.4. The van der Waals surface area contributed by atoms with E-state index in [0.29, 0.717) is 0 Å². The number of benzene rings is 2. The van der Waals surface area contributed by atoms with Crippen LogP contribution >= 0.6 is 0 Å². The number of fused-ring (bicyclic) bond motifs is 1. The molecule has 2 heterocycles. The van der Waals surface area contributed by atoms with Crippen molar-refractivity contribution < 1.29 is 4.74 Å². The first-order chi connectivity index (χ1) is 14.2.